The Hall–Kier alpha value is -2.15. The van der Waals surface area contributed by atoms with E-state index in [0.29, 0.717) is 0 Å². The summed E-state index contributed by atoms with van der Waals surface area (Å²) in [6.07, 6.45) is 0. The summed E-state index contributed by atoms with van der Waals surface area (Å²) in [7, 11) is 0. The Morgan fingerprint density at radius 1 is 1.50 bits per heavy atom. The first kappa shape index (κ1) is 15.9. The van der Waals surface area contributed by atoms with Crippen LogP contribution >= 0.6 is 0 Å². The molecule has 0 bridgehead atoms. The van der Waals surface area contributed by atoms with E-state index in [1.165, 1.54) is 18.2 Å². The lowest BCUT2D eigenvalue weighted by Crippen LogP contribution is -2.55. The molecule has 1 atom stereocenters. The van der Waals surface area contributed by atoms with E-state index in [2.05, 4.69) is 5.32 Å². The maximum absolute atomic E-state index is 12.2. The van der Waals surface area contributed by atoms with Gasteiger partial charge in [0.25, 0.3) is 11.6 Å². The number of anilines is 1. The van der Waals surface area contributed by atoms with Gasteiger partial charge in [-0.3, -0.25) is 14.9 Å². The van der Waals surface area contributed by atoms with Crippen LogP contribution in [0.2, 0.25) is 0 Å². The first-order valence-electron chi connectivity index (χ1n) is 6.27. The van der Waals surface area contributed by atoms with Crippen molar-refractivity contribution in [1.29, 1.82) is 0 Å². The number of hydrogen-bond acceptors (Lipinski definition) is 5. The number of carbonyl (C=O) groups excluding carboxylic acids is 1. The highest BCUT2D eigenvalue weighted by molar-refractivity contribution is 5.96. The molecule has 0 fully saturated rings. The van der Waals surface area contributed by atoms with Crippen LogP contribution in [-0.2, 0) is 0 Å². The minimum atomic E-state index is -0.614. The first-order chi connectivity index (χ1) is 9.21. The number of nitrogen functional groups attached to an aromatic ring is 1. The van der Waals surface area contributed by atoms with Gasteiger partial charge in [-0.25, -0.2) is 0 Å². The molecule has 1 aromatic carbocycles. The lowest BCUT2D eigenvalue weighted by atomic mass is 9.88. The number of nitrogens with two attached hydrogens (primary N) is 2. The normalized spacial score (nSPS) is 13.8. The number of carbonyl (C=O) groups is 1. The summed E-state index contributed by atoms with van der Waals surface area (Å²) in [5, 5.41) is 13.6. The number of nitro groups is 1. The molecule has 1 rings (SSSR count). The molecule has 7 heteroatoms. The standard InChI is InChI=1S/C13H20N4O3/c1-8(2)13(3,7-14)16-12(18)9-4-5-10(15)11(6-9)17(19)20/h4-6,8H,7,14-15H2,1-3H3,(H,16,18). The lowest BCUT2D eigenvalue weighted by Gasteiger charge is -2.33. The fourth-order valence-electron chi connectivity index (χ4n) is 1.61. The molecule has 0 aliphatic rings. The van der Waals surface area contributed by atoms with Gasteiger partial charge in [-0.05, 0) is 25.0 Å². The molecule has 5 N–H and O–H groups in total. The van der Waals surface area contributed by atoms with Crippen LogP contribution in [0.5, 0.6) is 0 Å². The summed E-state index contributed by atoms with van der Waals surface area (Å²) in [4.78, 5) is 22.4. The zero-order chi connectivity index (χ0) is 15.5. The molecule has 0 heterocycles. The van der Waals surface area contributed by atoms with Crippen molar-refractivity contribution in [2.75, 3.05) is 12.3 Å². The third kappa shape index (κ3) is 3.24. The highest BCUT2D eigenvalue weighted by Crippen LogP contribution is 2.23. The molecule has 0 aliphatic carbocycles. The molecule has 20 heavy (non-hydrogen) atoms. The highest BCUT2D eigenvalue weighted by Gasteiger charge is 2.29. The van der Waals surface area contributed by atoms with E-state index in [1.807, 2.05) is 20.8 Å². The van der Waals surface area contributed by atoms with Crippen LogP contribution < -0.4 is 16.8 Å². The van der Waals surface area contributed by atoms with Crippen molar-refractivity contribution in [3.63, 3.8) is 0 Å². The second-order valence-electron chi connectivity index (χ2n) is 5.26. The van der Waals surface area contributed by atoms with E-state index in [1.54, 1.807) is 0 Å². The molecule has 0 aromatic heterocycles. The smallest absolute Gasteiger partial charge is 0.292 e. The van der Waals surface area contributed by atoms with Crippen LogP contribution in [0.3, 0.4) is 0 Å². The average molecular weight is 280 g/mol. The van der Waals surface area contributed by atoms with Gasteiger partial charge in [0.15, 0.2) is 0 Å². The van der Waals surface area contributed by atoms with Gasteiger partial charge in [0.05, 0.1) is 10.5 Å². The van der Waals surface area contributed by atoms with Crippen molar-refractivity contribution < 1.29 is 9.72 Å². The van der Waals surface area contributed by atoms with E-state index in [4.69, 9.17) is 11.5 Å². The van der Waals surface area contributed by atoms with Gasteiger partial charge in [-0.15, -0.1) is 0 Å². The quantitative estimate of drug-likeness (QED) is 0.425. The van der Waals surface area contributed by atoms with E-state index >= 15 is 0 Å². The second kappa shape index (κ2) is 5.87. The fraction of sp³-hybridized carbons (Fsp3) is 0.462. The van der Waals surface area contributed by atoms with Crippen molar-refractivity contribution in [1.82, 2.24) is 5.32 Å². The van der Waals surface area contributed by atoms with Gasteiger partial charge in [0.2, 0.25) is 0 Å². The van der Waals surface area contributed by atoms with Crippen molar-refractivity contribution in [3.05, 3.63) is 33.9 Å². The summed E-state index contributed by atoms with van der Waals surface area (Å²) in [5.41, 5.74) is 10.5. The second-order valence-corrected chi connectivity index (χ2v) is 5.26. The van der Waals surface area contributed by atoms with Crippen molar-refractivity contribution in [3.8, 4) is 0 Å². The van der Waals surface area contributed by atoms with Gasteiger partial charge >= 0.3 is 0 Å². The molecular formula is C13H20N4O3. The van der Waals surface area contributed by atoms with Crippen LogP contribution in [0, 0.1) is 16.0 Å². The fourth-order valence-corrected chi connectivity index (χ4v) is 1.61. The van der Waals surface area contributed by atoms with Gasteiger partial charge in [-0.1, -0.05) is 13.8 Å². The van der Waals surface area contributed by atoms with Crippen molar-refractivity contribution >= 4 is 17.3 Å². The number of rotatable bonds is 5. The third-order valence-corrected chi connectivity index (χ3v) is 3.59. The van der Waals surface area contributed by atoms with Crippen molar-refractivity contribution in [2.24, 2.45) is 11.7 Å². The molecule has 1 unspecified atom stereocenters. The molecule has 0 spiro atoms. The molecule has 110 valence electrons. The lowest BCUT2D eigenvalue weighted by molar-refractivity contribution is -0.383. The molecule has 0 saturated heterocycles. The van der Waals surface area contributed by atoms with Gasteiger partial charge in [-0.2, -0.15) is 0 Å². The Balaban J connectivity index is 3.04. The summed E-state index contributed by atoms with van der Waals surface area (Å²) in [6, 6.07) is 3.97. The molecule has 1 aromatic rings. The molecule has 0 radical (unpaired) electrons. The van der Waals surface area contributed by atoms with E-state index < -0.39 is 16.4 Å². The zero-order valence-electron chi connectivity index (χ0n) is 11.8. The van der Waals surface area contributed by atoms with Crippen LogP contribution in [0.1, 0.15) is 31.1 Å². The van der Waals surface area contributed by atoms with Crippen LogP contribution in [0.4, 0.5) is 11.4 Å². The molecule has 0 aliphatic heterocycles. The topological polar surface area (TPSA) is 124 Å². The van der Waals surface area contributed by atoms with Gasteiger partial charge in [0, 0.05) is 18.2 Å². The summed E-state index contributed by atoms with van der Waals surface area (Å²) >= 11 is 0. The average Bonchev–Trinajstić information content (AvgIpc) is 2.38. The van der Waals surface area contributed by atoms with Crippen LogP contribution in [0.25, 0.3) is 0 Å². The number of hydrogen-bond donors (Lipinski definition) is 3. The minimum Gasteiger partial charge on any atom is -0.393 e. The zero-order valence-corrected chi connectivity index (χ0v) is 11.8. The molecular weight excluding hydrogens is 260 g/mol. The van der Waals surface area contributed by atoms with E-state index in [0.717, 1.165) is 0 Å². The molecule has 7 nitrogen and oxygen atoms in total. The number of nitrogens with one attached hydrogen (secondary N) is 1. The van der Waals surface area contributed by atoms with Crippen molar-refractivity contribution in [2.45, 2.75) is 26.3 Å². The minimum absolute atomic E-state index is 0.0250. The Morgan fingerprint density at radius 3 is 2.55 bits per heavy atom. The highest BCUT2D eigenvalue weighted by atomic mass is 16.6. The number of nitro benzene ring substituents is 1. The Labute approximate surface area is 117 Å². The summed E-state index contributed by atoms with van der Waals surface area (Å²) in [6.45, 7) is 5.99. The van der Waals surface area contributed by atoms with Gasteiger partial charge in [0.1, 0.15) is 5.69 Å². The SMILES string of the molecule is CC(C)C(C)(CN)NC(=O)c1ccc(N)c([N+](=O)[O-])c1. The number of nitrogens with zero attached hydrogens (tertiary/aromatic N) is 1. The Kier molecular flexibility index (Phi) is 4.67. The Bertz CT molecular complexity index is 530. The maximum atomic E-state index is 12.2. The maximum Gasteiger partial charge on any atom is 0.292 e. The number of amides is 1. The third-order valence-electron chi connectivity index (χ3n) is 3.59. The van der Waals surface area contributed by atoms with Crippen LogP contribution in [-0.4, -0.2) is 22.9 Å². The molecule has 0 saturated carbocycles. The summed E-state index contributed by atoms with van der Waals surface area (Å²) in [5.74, 6) is -0.282. The predicted molar refractivity (Wildman–Crippen MR) is 77.3 cm³/mol. The van der Waals surface area contributed by atoms with Gasteiger partial charge < -0.3 is 16.8 Å². The van der Waals surface area contributed by atoms with Crippen LogP contribution in [0.15, 0.2) is 18.2 Å². The van der Waals surface area contributed by atoms with E-state index in [-0.39, 0.29) is 29.4 Å². The largest absolute Gasteiger partial charge is 0.393 e. The Morgan fingerprint density at radius 2 is 2.10 bits per heavy atom. The summed E-state index contributed by atoms with van der Waals surface area (Å²) < 4.78 is 0. The van der Waals surface area contributed by atoms with E-state index in [9.17, 15) is 14.9 Å². The predicted octanol–water partition coefficient (Wildman–Crippen LogP) is 1.28. The monoisotopic (exact) mass is 280 g/mol. The molecule has 1 amide bonds. The number of benzene rings is 1. The first-order valence-corrected chi connectivity index (χ1v) is 6.27.